The van der Waals surface area contributed by atoms with Gasteiger partial charge in [-0.1, -0.05) is 24.6 Å². The predicted molar refractivity (Wildman–Crippen MR) is 106 cm³/mol. The van der Waals surface area contributed by atoms with Crippen LogP contribution in [0.5, 0.6) is 0 Å². The summed E-state index contributed by atoms with van der Waals surface area (Å²) >= 11 is 0. The molecule has 152 valence electrons. The van der Waals surface area contributed by atoms with Crippen LogP contribution in [0.15, 0.2) is 24.3 Å². The van der Waals surface area contributed by atoms with E-state index in [0.717, 1.165) is 57.3 Å². The molecule has 1 atom stereocenters. The van der Waals surface area contributed by atoms with Crippen molar-refractivity contribution in [3.63, 3.8) is 0 Å². The number of piperidine rings is 2. The van der Waals surface area contributed by atoms with Crippen molar-refractivity contribution in [1.82, 2.24) is 13.5 Å². The van der Waals surface area contributed by atoms with E-state index in [2.05, 4.69) is 4.90 Å². The molecule has 0 radical (unpaired) electrons. The lowest BCUT2D eigenvalue weighted by atomic mass is 9.97. The van der Waals surface area contributed by atoms with Gasteiger partial charge in [-0.25, -0.2) is 4.39 Å². The van der Waals surface area contributed by atoms with Gasteiger partial charge in [0, 0.05) is 39.8 Å². The van der Waals surface area contributed by atoms with Crippen molar-refractivity contribution in [3.05, 3.63) is 35.6 Å². The zero-order valence-corrected chi connectivity index (χ0v) is 17.1. The molecule has 7 heteroatoms. The highest BCUT2D eigenvalue weighted by Crippen LogP contribution is 2.21. The monoisotopic (exact) mass is 397 g/mol. The molecule has 1 aromatic rings. The number of hydrogen-bond acceptors (Lipinski definition) is 3. The number of hydrogen-bond donors (Lipinski definition) is 0. The number of rotatable bonds is 7. The highest BCUT2D eigenvalue weighted by atomic mass is 32.2. The first-order valence-corrected chi connectivity index (χ1v) is 11.5. The van der Waals surface area contributed by atoms with Crippen LogP contribution in [0, 0.1) is 11.7 Å². The minimum atomic E-state index is -3.34. The summed E-state index contributed by atoms with van der Waals surface area (Å²) in [6.45, 7) is 4.56. The maximum Gasteiger partial charge on any atom is 0.281 e. The zero-order valence-electron chi connectivity index (χ0n) is 16.3. The molecule has 2 fully saturated rings. The Hall–Kier alpha value is -1.02. The van der Waals surface area contributed by atoms with Crippen LogP contribution in [0.2, 0.25) is 0 Å². The van der Waals surface area contributed by atoms with Crippen LogP contribution in [0.3, 0.4) is 0 Å². The minimum Gasteiger partial charge on any atom is -0.303 e. The molecule has 2 aliphatic heterocycles. The summed E-state index contributed by atoms with van der Waals surface area (Å²) in [4.78, 5) is 2.35. The van der Waals surface area contributed by atoms with E-state index < -0.39 is 10.2 Å². The van der Waals surface area contributed by atoms with Crippen LogP contribution in [0.1, 0.15) is 37.7 Å². The molecule has 0 unspecified atom stereocenters. The molecular formula is C20H32FN3O2S. The van der Waals surface area contributed by atoms with Gasteiger partial charge in [0.2, 0.25) is 0 Å². The molecule has 0 N–H and O–H groups in total. The molecule has 0 aliphatic carbocycles. The van der Waals surface area contributed by atoms with Crippen molar-refractivity contribution in [3.8, 4) is 0 Å². The van der Waals surface area contributed by atoms with Gasteiger partial charge in [0.15, 0.2) is 0 Å². The van der Waals surface area contributed by atoms with Gasteiger partial charge >= 0.3 is 0 Å². The molecule has 3 rings (SSSR count). The average molecular weight is 398 g/mol. The van der Waals surface area contributed by atoms with E-state index >= 15 is 0 Å². The molecule has 0 saturated carbocycles. The normalized spacial score (nSPS) is 23.0. The van der Waals surface area contributed by atoms with Gasteiger partial charge in [-0.3, -0.25) is 0 Å². The molecule has 2 heterocycles. The van der Waals surface area contributed by atoms with Crippen LogP contribution in [0.4, 0.5) is 4.39 Å². The first-order chi connectivity index (χ1) is 13.0. The van der Waals surface area contributed by atoms with Crippen LogP contribution in [0.25, 0.3) is 0 Å². The Labute approximate surface area is 163 Å². The van der Waals surface area contributed by atoms with E-state index in [4.69, 9.17) is 0 Å². The van der Waals surface area contributed by atoms with E-state index in [-0.39, 0.29) is 5.82 Å². The molecule has 0 aromatic heterocycles. The molecule has 0 amide bonds. The summed E-state index contributed by atoms with van der Waals surface area (Å²) in [5, 5.41) is 0. The second-order valence-corrected chi connectivity index (χ2v) is 9.93. The summed E-state index contributed by atoms with van der Waals surface area (Å²) in [5.41, 5.74) is 0.754. The van der Waals surface area contributed by atoms with E-state index in [1.165, 1.54) is 6.07 Å². The van der Waals surface area contributed by atoms with E-state index in [1.807, 2.05) is 12.1 Å². The highest BCUT2D eigenvalue weighted by molar-refractivity contribution is 7.86. The molecule has 27 heavy (non-hydrogen) atoms. The highest BCUT2D eigenvalue weighted by Gasteiger charge is 2.31. The first-order valence-electron chi connectivity index (χ1n) is 10.1. The Balaban J connectivity index is 1.51. The lowest BCUT2D eigenvalue weighted by Gasteiger charge is -2.36. The number of likely N-dealkylation sites (tertiary alicyclic amines) is 1. The fourth-order valence-electron chi connectivity index (χ4n) is 4.23. The molecular weight excluding hydrogens is 365 g/mol. The Morgan fingerprint density at radius 1 is 1.11 bits per heavy atom. The number of nitrogens with zero attached hydrogens (tertiary/aromatic N) is 3. The lowest BCUT2D eigenvalue weighted by molar-refractivity contribution is 0.160. The van der Waals surface area contributed by atoms with E-state index in [9.17, 15) is 12.8 Å². The van der Waals surface area contributed by atoms with Crippen molar-refractivity contribution < 1.29 is 12.8 Å². The summed E-state index contributed by atoms with van der Waals surface area (Å²) in [5.74, 6) is 0.197. The fourth-order valence-corrected chi connectivity index (χ4v) is 5.75. The van der Waals surface area contributed by atoms with Crippen LogP contribution in [-0.4, -0.2) is 68.2 Å². The van der Waals surface area contributed by atoms with Gasteiger partial charge in [-0.05, 0) is 56.2 Å². The molecule has 2 saturated heterocycles. The Bertz CT molecular complexity index is 707. The Kier molecular flexibility index (Phi) is 7.25. The second kappa shape index (κ2) is 9.45. The van der Waals surface area contributed by atoms with Gasteiger partial charge in [-0.15, -0.1) is 0 Å². The second-order valence-electron chi connectivity index (χ2n) is 7.90. The zero-order chi connectivity index (χ0) is 19.3. The maximum absolute atomic E-state index is 13.8. The van der Waals surface area contributed by atoms with E-state index in [1.54, 1.807) is 21.7 Å². The molecule has 2 aliphatic rings. The maximum atomic E-state index is 13.8. The van der Waals surface area contributed by atoms with Crippen molar-refractivity contribution in [2.45, 2.75) is 38.5 Å². The summed E-state index contributed by atoms with van der Waals surface area (Å²) in [6, 6.07) is 6.94. The summed E-state index contributed by atoms with van der Waals surface area (Å²) in [7, 11) is -1.63. The number of benzene rings is 1. The number of halogens is 1. The third-order valence-corrected chi connectivity index (χ3v) is 7.76. The standard InChI is InChI=1S/C20H32FN3O2S/c1-22(27(25,26)24-13-5-2-6-14-24)16-18-8-7-12-23(17-18)15-11-19-9-3-4-10-20(19)21/h3-4,9-10,18H,2,5-8,11-17H2,1H3/t18-/m1/s1. The van der Waals surface area contributed by atoms with Crippen LogP contribution >= 0.6 is 0 Å². The molecule has 0 bridgehead atoms. The van der Waals surface area contributed by atoms with Crippen LogP contribution in [-0.2, 0) is 16.6 Å². The molecule has 1 aromatic carbocycles. The van der Waals surface area contributed by atoms with Crippen molar-refractivity contribution in [2.75, 3.05) is 46.3 Å². The third kappa shape index (κ3) is 5.50. The Morgan fingerprint density at radius 2 is 1.85 bits per heavy atom. The largest absolute Gasteiger partial charge is 0.303 e. The topological polar surface area (TPSA) is 43.9 Å². The fraction of sp³-hybridized carbons (Fsp3) is 0.700. The van der Waals surface area contributed by atoms with E-state index in [0.29, 0.717) is 32.0 Å². The van der Waals surface area contributed by atoms with Crippen molar-refractivity contribution >= 4 is 10.2 Å². The minimum absolute atomic E-state index is 0.140. The Morgan fingerprint density at radius 3 is 2.59 bits per heavy atom. The quantitative estimate of drug-likeness (QED) is 0.711. The first kappa shape index (κ1) is 20.7. The average Bonchev–Trinajstić information content (AvgIpc) is 2.68. The van der Waals surface area contributed by atoms with Gasteiger partial charge < -0.3 is 4.90 Å². The SMILES string of the molecule is CN(C[C@H]1CCCN(CCc2ccccc2F)C1)S(=O)(=O)N1CCCCC1. The lowest BCUT2D eigenvalue weighted by Crippen LogP contribution is -2.48. The van der Waals surface area contributed by atoms with Crippen molar-refractivity contribution in [2.24, 2.45) is 5.92 Å². The summed E-state index contributed by atoms with van der Waals surface area (Å²) in [6.07, 6.45) is 5.85. The molecule has 0 spiro atoms. The van der Waals surface area contributed by atoms with Gasteiger partial charge in [0.1, 0.15) is 5.82 Å². The van der Waals surface area contributed by atoms with Gasteiger partial charge in [0.05, 0.1) is 0 Å². The summed E-state index contributed by atoms with van der Waals surface area (Å²) < 4.78 is 42.6. The smallest absolute Gasteiger partial charge is 0.281 e. The van der Waals surface area contributed by atoms with Crippen LogP contribution < -0.4 is 0 Å². The van der Waals surface area contributed by atoms with Crippen molar-refractivity contribution in [1.29, 1.82) is 0 Å². The predicted octanol–water partition coefficient (Wildman–Crippen LogP) is 2.74. The van der Waals surface area contributed by atoms with Gasteiger partial charge in [-0.2, -0.15) is 17.0 Å². The van der Waals surface area contributed by atoms with Gasteiger partial charge in [0.25, 0.3) is 10.2 Å². The third-order valence-electron chi connectivity index (χ3n) is 5.81. The molecule has 5 nitrogen and oxygen atoms in total.